The van der Waals surface area contributed by atoms with Gasteiger partial charge >= 0.3 is 0 Å². The molecule has 90 valence electrons. The predicted octanol–water partition coefficient (Wildman–Crippen LogP) is 2.06. The Balaban J connectivity index is 2.66. The molecule has 0 aromatic carbocycles. The predicted molar refractivity (Wildman–Crippen MR) is 67.2 cm³/mol. The first-order chi connectivity index (χ1) is 7.69. The molecule has 1 atom stereocenters. The number of nitrogens with one attached hydrogen (secondary N) is 2. The van der Waals surface area contributed by atoms with Crippen LogP contribution in [0.4, 0.5) is 11.6 Å². The van der Waals surface area contributed by atoms with Gasteiger partial charge in [0.25, 0.3) is 0 Å². The van der Waals surface area contributed by atoms with Crippen molar-refractivity contribution in [2.24, 2.45) is 5.84 Å². The SMILES string of the molecule is CCCCC(C)Nc1ncnc(NN)c1C. The van der Waals surface area contributed by atoms with E-state index in [1.165, 1.54) is 19.2 Å². The maximum atomic E-state index is 5.36. The second kappa shape index (κ2) is 6.27. The highest BCUT2D eigenvalue weighted by Gasteiger charge is 2.08. The molecule has 5 nitrogen and oxygen atoms in total. The molecule has 1 rings (SSSR count). The van der Waals surface area contributed by atoms with Crippen LogP contribution in [0.15, 0.2) is 6.33 Å². The standard InChI is InChI=1S/C11H21N5/c1-4-5-6-8(2)15-10-9(3)11(16-12)14-7-13-10/h7-8H,4-6,12H2,1-3H3,(H2,13,14,15,16). The van der Waals surface area contributed by atoms with Crippen LogP contribution in [0.25, 0.3) is 0 Å². The summed E-state index contributed by atoms with van der Waals surface area (Å²) in [6.07, 6.45) is 5.09. The third-order valence-corrected chi connectivity index (χ3v) is 2.59. The molecule has 1 aromatic rings. The van der Waals surface area contributed by atoms with Gasteiger partial charge < -0.3 is 10.7 Å². The lowest BCUT2D eigenvalue weighted by Crippen LogP contribution is -2.18. The summed E-state index contributed by atoms with van der Waals surface area (Å²) < 4.78 is 0. The van der Waals surface area contributed by atoms with E-state index in [4.69, 9.17) is 5.84 Å². The van der Waals surface area contributed by atoms with E-state index in [9.17, 15) is 0 Å². The quantitative estimate of drug-likeness (QED) is 0.508. The molecule has 0 aliphatic rings. The topological polar surface area (TPSA) is 75.9 Å². The van der Waals surface area contributed by atoms with Crippen molar-refractivity contribution >= 4 is 11.6 Å². The molecule has 1 aromatic heterocycles. The van der Waals surface area contributed by atoms with Gasteiger partial charge in [0.05, 0.1) is 0 Å². The highest BCUT2D eigenvalue weighted by Crippen LogP contribution is 2.18. The largest absolute Gasteiger partial charge is 0.367 e. The third-order valence-electron chi connectivity index (χ3n) is 2.59. The molecule has 0 spiro atoms. The zero-order valence-corrected chi connectivity index (χ0v) is 10.2. The summed E-state index contributed by atoms with van der Waals surface area (Å²) in [6, 6.07) is 0.416. The number of nitrogens with zero attached hydrogens (tertiary/aromatic N) is 2. The summed E-state index contributed by atoms with van der Waals surface area (Å²) in [4.78, 5) is 8.26. The van der Waals surface area contributed by atoms with E-state index in [0.717, 1.165) is 17.8 Å². The minimum absolute atomic E-state index is 0.416. The van der Waals surface area contributed by atoms with Gasteiger partial charge in [0.15, 0.2) is 0 Å². The average Bonchev–Trinajstić information content (AvgIpc) is 2.29. The van der Waals surface area contributed by atoms with Gasteiger partial charge in [-0.15, -0.1) is 0 Å². The van der Waals surface area contributed by atoms with Crippen LogP contribution in [0.3, 0.4) is 0 Å². The number of unbranched alkanes of at least 4 members (excludes halogenated alkanes) is 1. The molecule has 0 radical (unpaired) electrons. The number of hydrogen-bond acceptors (Lipinski definition) is 5. The second-order valence-electron chi connectivity index (χ2n) is 4.03. The Labute approximate surface area is 96.8 Å². The number of anilines is 2. The van der Waals surface area contributed by atoms with Crippen molar-refractivity contribution in [1.82, 2.24) is 9.97 Å². The molecule has 0 amide bonds. The van der Waals surface area contributed by atoms with Crippen LogP contribution in [0.1, 0.15) is 38.7 Å². The minimum Gasteiger partial charge on any atom is -0.367 e. The van der Waals surface area contributed by atoms with Crippen LogP contribution in [0.5, 0.6) is 0 Å². The lowest BCUT2D eigenvalue weighted by atomic mass is 10.1. The number of hydrogen-bond donors (Lipinski definition) is 3. The third kappa shape index (κ3) is 3.34. The Bertz CT molecular complexity index is 326. The Morgan fingerprint density at radius 3 is 2.69 bits per heavy atom. The van der Waals surface area contributed by atoms with Gasteiger partial charge in [0, 0.05) is 11.6 Å². The Hall–Kier alpha value is -1.36. The molecular weight excluding hydrogens is 202 g/mol. The number of nitrogens with two attached hydrogens (primary N) is 1. The molecule has 0 bridgehead atoms. The van der Waals surface area contributed by atoms with Crippen molar-refractivity contribution in [3.63, 3.8) is 0 Å². The van der Waals surface area contributed by atoms with E-state index < -0.39 is 0 Å². The summed E-state index contributed by atoms with van der Waals surface area (Å²) in [5.74, 6) is 6.88. The fraction of sp³-hybridized carbons (Fsp3) is 0.636. The number of aromatic nitrogens is 2. The van der Waals surface area contributed by atoms with Crippen molar-refractivity contribution < 1.29 is 0 Å². The van der Waals surface area contributed by atoms with Gasteiger partial charge in [-0.2, -0.15) is 0 Å². The van der Waals surface area contributed by atoms with Crippen LogP contribution in [-0.2, 0) is 0 Å². The normalized spacial score (nSPS) is 12.2. The van der Waals surface area contributed by atoms with E-state index >= 15 is 0 Å². The van der Waals surface area contributed by atoms with E-state index in [1.807, 2.05) is 6.92 Å². The first kappa shape index (κ1) is 12.7. The van der Waals surface area contributed by atoms with E-state index in [1.54, 1.807) is 0 Å². The van der Waals surface area contributed by atoms with Crippen molar-refractivity contribution in [3.8, 4) is 0 Å². The number of nitrogen functional groups attached to an aromatic ring is 1. The van der Waals surface area contributed by atoms with Gasteiger partial charge in [0.2, 0.25) is 0 Å². The first-order valence-corrected chi connectivity index (χ1v) is 5.73. The van der Waals surface area contributed by atoms with Gasteiger partial charge in [-0.3, -0.25) is 0 Å². The summed E-state index contributed by atoms with van der Waals surface area (Å²) in [7, 11) is 0. The van der Waals surface area contributed by atoms with Crippen LogP contribution < -0.4 is 16.6 Å². The molecule has 4 N–H and O–H groups in total. The maximum Gasteiger partial charge on any atom is 0.148 e. The lowest BCUT2D eigenvalue weighted by molar-refractivity contribution is 0.642. The lowest BCUT2D eigenvalue weighted by Gasteiger charge is -2.16. The summed E-state index contributed by atoms with van der Waals surface area (Å²) in [6.45, 7) is 6.30. The van der Waals surface area contributed by atoms with Crippen LogP contribution >= 0.6 is 0 Å². The molecule has 1 heterocycles. The molecule has 0 fully saturated rings. The highest BCUT2D eigenvalue weighted by molar-refractivity contribution is 5.56. The Kier molecular flexibility index (Phi) is 4.98. The minimum atomic E-state index is 0.416. The number of hydrazine groups is 1. The van der Waals surface area contributed by atoms with Crippen LogP contribution in [0.2, 0.25) is 0 Å². The first-order valence-electron chi connectivity index (χ1n) is 5.73. The fourth-order valence-corrected chi connectivity index (χ4v) is 1.56. The second-order valence-corrected chi connectivity index (χ2v) is 4.03. The smallest absolute Gasteiger partial charge is 0.148 e. The zero-order valence-electron chi connectivity index (χ0n) is 10.2. The van der Waals surface area contributed by atoms with Crippen LogP contribution in [0, 0.1) is 6.92 Å². The summed E-state index contributed by atoms with van der Waals surface area (Å²) in [5, 5.41) is 3.37. The van der Waals surface area contributed by atoms with Gasteiger partial charge in [0.1, 0.15) is 18.0 Å². The molecule has 0 saturated carbocycles. The van der Waals surface area contributed by atoms with Crippen LogP contribution in [-0.4, -0.2) is 16.0 Å². The zero-order chi connectivity index (χ0) is 12.0. The molecule has 1 unspecified atom stereocenters. The van der Waals surface area contributed by atoms with E-state index in [0.29, 0.717) is 11.9 Å². The van der Waals surface area contributed by atoms with Gasteiger partial charge in [-0.1, -0.05) is 19.8 Å². The summed E-state index contributed by atoms with van der Waals surface area (Å²) in [5.41, 5.74) is 3.51. The van der Waals surface area contributed by atoms with Gasteiger partial charge in [-0.05, 0) is 20.3 Å². The van der Waals surface area contributed by atoms with Crippen molar-refractivity contribution in [2.45, 2.75) is 46.1 Å². The van der Waals surface area contributed by atoms with Crippen molar-refractivity contribution in [2.75, 3.05) is 10.7 Å². The van der Waals surface area contributed by atoms with Gasteiger partial charge in [-0.25, -0.2) is 15.8 Å². The van der Waals surface area contributed by atoms with Crippen molar-refractivity contribution in [3.05, 3.63) is 11.9 Å². The molecule has 16 heavy (non-hydrogen) atoms. The maximum absolute atomic E-state index is 5.36. The molecule has 0 aliphatic carbocycles. The highest BCUT2D eigenvalue weighted by atomic mass is 15.3. The molecular formula is C11H21N5. The van der Waals surface area contributed by atoms with E-state index in [-0.39, 0.29) is 0 Å². The Morgan fingerprint density at radius 2 is 2.06 bits per heavy atom. The average molecular weight is 223 g/mol. The molecule has 0 saturated heterocycles. The fourth-order valence-electron chi connectivity index (χ4n) is 1.56. The Morgan fingerprint density at radius 1 is 1.38 bits per heavy atom. The molecule has 5 heteroatoms. The monoisotopic (exact) mass is 223 g/mol. The molecule has 0 aliphatic heterocycles. The summed E-state index contributed by atoms with van der Waals surface area (Å²) >= 11 is 0. The van der Waals surface area contributed by atoms with Crippen molar-refractivity contribution in [1.29, 1.82) is 0 Å². The number of rotatable bonds is 6. The van der Waals surface area contributed by atoms with E-state index in [2.05, 4.69) is 34.6 Å².